The molecule has 1 fully saturated rings. The van der Waals surface area contributed by atoms with Gasteiger partial charge in [-0.05, 0) is 42.9 Å². The number of amides is 1. The molecular formula is C20H23ClN2O. The van der Waals surface area contributed by atoms with E-state index in [2.05, 4.69) is 5.32 Å². The van der Waals surface area contributed by atoms with E-state index in [4.69, 9.17) is 17.3 Å². The summed E-state index contributed by atoms with van der Waals surface area (Å²) in [6, 6.07) is 17.9. The maximum absolute atomic E-state index is 12.7. The van der Waals surface area contributed by atoms with Crippen molar-refractivity contribution >= 4 is 17.5 Å². The Bertz CT molecular complexity index is 689. The van der Waals surface area contributed by atoms with E-state index in [1.54, 1.807) is 0 Å². The smallest absolute Gasteiger partial charge is 0.223 e. The van der Waals surface area contributed by atoms with Crippen molar-refractivity contribution in [2.75, 3.05) is 0 Å². The predicted molar refractivity (Wildman–Crippen MR) is 97.8 cm³/mol. The number of nitrogens with two attached hydrogens (primary N) is 1. The quantitative estimate of drug-likeness (QED) is 0.866. The average Bonchev–Trinajstić information content (AvgIpc) is 3.03. The van der Waals surface area contributed by atoms with Gasteiger partial charge in [0, 0.05) is 17.0 Å². The zero-order valence-electron chi connectivity index (χ0n) is 13.6. The zero-order valence-corrected chi connectivity index (χ0v) is 14.4. The fraction of sp³-hybridized carbons (Fsp3) is 0.350. The first-order chi connectivity index (χ1) is 11.6. The molecule has 0 aliphatic heterocycles. The highest BCUT2D eigenvalue weighted by molar-refractivity contribution is 6.31. The first-order valence-electron chi connectivity index (χ1n) is 8.48. The molecule has 3 atom stereocenters. The molecule has 3 nitrogen and oxygen atoms in total. The zero-order chi connectivity index (χ0) is 16.9. The van der Waals surface area contributed by atoms with Gasteiger partial charge in [0.2, 0.25) is 5.91 Å². The molecule has 2 aromatic carbocycles. The number of rotatable bonds is 5. The van der Waals surface area contributed by atoms with Crippen LogP contribution < -0.4 is 11.1 Å². The van der Waals surface area contributed by atoms with Gasteiger partial charge in [0.1, 0.15) is 0 Å². The minimum absolute atomic E-state index is 0.0254. The Labute approximate surface area is 148 Å². The van der Waals surface area contributed by atoms with Crippen LogP contribution in [-0.4, -0.2) is 11.9 Å². The van der Waals surface area contributed by atoms with Crippen molar-refractivity contribution in [2.45, 2.75) is 37.8 Å². The standard InChI is InChI=1S/C20H23ClN2O/c21-18-9-5-4-8-15(18)13-19(14-6-2-1-3-7-14)23-20(24)16-10-11-17(22)12-16/h1-9,16-17,19H,10-13,22H2,(H,23,24). The number of nitrogens with one attached hydrogen (secondary N) is 1. The van der Waals surface area contributed by atoms with Crippen molar-refractivity contribution in [2.24, 2.45) is 11.7 Å². The molecule has 0 bridgehead atoms. The highest BCUT2D eigenvalue weighted by atomic mass is 35.5. The molecule has 2 aromatic rings. The second kappa shape index (κ2) is 7.82. The Balaban J connectivity index is 1.78. The molecule has 24 heavy (non-hydrogen) atoms. The minimum atomic E-state index is -0.0876. The third-order valence-corrected chi connectivity index (χ3v) is 5.11. The lowest BCUT2D eigenvalue weighted by Gasteiger charge is -2.22. The maximum Gasteiger partial charge on any atom is 0.223 e. The van der Waals surface area contributed by atoms with Gasteiger partial charge in [0.25, 0.3) is 0 Å². The largest absolute Gasteiger partial charge is 0.349 e. The molecule has 3 rings (SSSR count). The molecule has 1 saturated carbocycles. The summed E-state index contributed by atoms with van der Waals surface area (Å²) >= 11 is 6.31. The van der Waals surface area contributed by atoms with Crippen molar-refractivity contribution < 1.29 is 4.79 Å². The molecule has 0 spiro atoms. The van der Waals surface area contributed by atoms with E-state index >= 15 is 0 Å². The normalized spacial score (nSPS) is 21.4. The number of benzene rings is 2. The van der Waals surface area contributed by atoms with Crippen LogP contribution in [0.2, 0.25) is 5.02 Å². The van der Waals surface area contributed by atoms with Gasteiger partial charge in [-0.2, -0.15) is 0 Å². The lowest BCUT2D eigenvalue weighted by Crippen LogP contribution is -2.34. The Morgan fingerprint density at radius 3 is 2.50 bits per heavy atom. The number of hydrogen-bond donors (Lipinski definition) is 2. The molecule has 4 heteroatoms. The van der Waals surface area contributed by atoms with Crippen LogP contribution in [0.3, 0.4) is 0 Å². The van der Waals surface area contributed by atoms with Gasteiger partial charge < -0.3 is 11.1 Å². The molecule has 0 saturated heterocycles. The molecule has 1 aliphatic carbocycles. The van der Waals surface area contributed by atoms with Crippen LogP contribution >= 0.6 is 11.6 Å². The Morgan fingerprint density at radius 2 is 1.83 bits per heavy atom. The minimum Gasteiger partial charge on any atom is -0.349 e. The molecule has 1 aliphatic rings. The van der Waals surface area contributed by atoms with E-state index < -0.39 is 0 Å². The fourth-order valence-corrected chi connectivity index (χ4v) is 3.58. The summed E-state index contributed by atoms with van der Waals surface area (Å²) in [4.78, 5) is 12.7. The van der Waals surface area contributed by atoms with Crippen LogP contribution in [-0.2, 0) is 11.2 Å². The highest BCUT2D eigenvalue weighted by Gasteiger charge is 2.29. The van der Waals surface area contributed by atoms with E-state index in [9.17, 15) is 4.79 Å². The first kappa shape index (κ1) is 17.0. The third-order valence-electron chi connectivity index (χ3n) is 4.74. The second-order valence-electron chi connectivity index (χ2n) is 6.54. The lowest BCUT2D eigenvalue weighted by molar-refractivity contribution is -0.125. The number of carbonyl (C=O) groups is 1. The maximum atomic E-state index is 12.7. The summed E-state index contributed by atoms with van der Waals surface area (Å²) in [7, 11) is 0. The molecular weight excluding hydrogens is 320 g/mol. The van der Waals surface area contributed by atoms with Crippen molar-refractivity contribution in [3.05, 3.63) is 70.7 Å². The van der Waals surface area contributed by atoms with Crippen LogP contribution in [0.25, 0.3) is 0 Å². The first-order valence-corrected chi connectivity index (χ1v) is 8.85. The van der Waals surface area contributed by atoms with Gasteiger partial charge in [-0.1, -0.05) is 60.1 Å². The van der Waals surface area contributed by atoms with Crippen LogP contribution in [0.4, 0.5) is 0 Å². The topological polar surface area (TPSA) is 55.1 Å². The van der Waals surface area contributed by atoms with E-state index in [-0.39, 0.29) is 23.9 Å². The Morgan fingerprint density at radius 1 is 1.12 bits per heavy atom. The van der Waals surface area contributed by atoms with E-state index in [1.165, 1.54) is 0 Å². The van der Waals surface area contributed by atoms with Crippen molar-refractivity contribution in [1.29, 1.82) is 0 Å². The fourth-order valence-electron chi connectivity index (χ4n) is 3.37. The monoisotopic (exact) mass is 342 g/mol. The van der Waals surface area contributed by atoms with Gasteiger partial charge in [-0.3, -0.25) is 4.79 Å². The molecule has 0 radical (unpaired) electrons. The van der Waals surface area contributed by atoms with Crippen LogP contribution in [0.15, 0.2) is 54.6 Å². The van der Waals surface area contributed by atoms with Gasteiger partial charge in [-0.15, -0.1) is 0 Å². The number of hydrogen-bond acceptors (Lipinski definition) is 2. The van der Waals surface area contributed by atoms with Gasteiger partial charge >= 0.3 is 0 Å². The van der Waals surface area contributed by atoms with Crippen LogP contribution in [0, 0.1) is 5.92 Å². The van der Waals surface area contributed by atoms with E-state index in [0.29, 0.717) is 6.42 Å². The second-order valence-corrected chi connectivity index (χ2v) is 6.94. The van der Waals surface area contributed by atoms with Gasteiger partial charge in [-0.25, -0.2) is 0 Å². The summed E-state index contributed by atoms with van der Waals surface area (Å²) in [5, 5.41) is 3.95. The van der Waals surface area contributed by atoms with Gasteiger partial charge in [0.05, 0.1) is 6.04 Å². The van der Waals surface area contributed by atoms with Crippen molar-refractivity contribution in [3.8, 4) is 0 Å². The van der Waals surface area contributed by atoms with Crippen LogP contribution in [0.1, 0.15) is 36.4 Å². The lowest BCUT2D eigenvalue weighted by atomic mass is 9.97. The molecule has 3 N–H and O–H groups in total. The summed E-state index contributed by atoms with van der Waals surface area (Å²) in [5.74, 6) is 0.126. The van der Waals surface area contributed by atoms with Crippen molar-refractivity contribution in [3.63, 3.8) is 0 Å². The van der Waals surface area contributed by atoms with Crippen molar-refractivity contribution in [1.82, 2.24) is 5.32 Å². The third kappa shape index (κ3) is 4.16. The van der Waals surface area contributed by atoms with Gasteiger partial charge in [0.15, 0.2) is 0 Å². The number of halogens is 1. The summed E-state index contributed by atoms with van der Waals surface area (Å²) in [6.07, 6.45) is 3.26. The number of carbonyl (C=O) groups excluding carboxylic acids is 1. The average molecular weight is 343 g/mol. The predicted octanol–water partition coefficient (Wildman–Crippen LogP) is 3.87. The van der Waals surface area contributed by atoms with E-state index in [0.717, 1.165) is 35.4 Å². The SMILES string of the molecule is NC1CCC(C(=O)NC(Cc2ccccc2Cl)c2ccccc2)C1. The summed E-state index contributed by atoms with van der Waals surface area (Å²) in [5.41, 5.74) is 8.08. The molecule has 126 valence electrons. The summed E-state index contributed by atoms with van der Waals surface area (Å²) < 4.78 is 0. The molecule has 1 amide bonds. The van der Waals surface area contributed by atoms with E-state index in [1.807, 2.05) is 54.6 Å². The molecule has 0 aromatic heterocycles. The highest BCUT2D eigenvalue weighted by Crippen LogP contribution is 2.27. The molecule has 3 unspecified atom stereocenters. The Kier molecular flexibility index (Phi) is 5.54. The molecule has 0 heterocycles. The summed E-state index contributed by atoms with van der Waals surface area (Å²) in [6.45, 7) is 0. The Hall–Kier alpha value is -1.84. The van der Waals surface area contributed by atoms with Crippen LogP contribution in [0.5, 0.6) is 0 Å².